The van der Waals surface area contributed by atoms with Crippen molar-refractivity contribution in [2.24, 2.45) is 0 Å². The van der Waals surface area contributed by atoms with Crippen molar-refractivity contribution in [2.45, 2.75) is 13.3 Å². The maximum atomic E-state index is 11.9. The Morgan fingerprint density at radius 1 is 1.19 bits per heavy atom. The second kappa shape index (κ2) is 7.30. The molecule has 108 valence electrons. The summed E-state index contributed by atoms with van der Waals surface area (Å²) < 4.78 is 0. The van der Waals surface area contributed by atoms with E-state index in [0.717, 1.165) is 17.7 Å². The molecule has 0 radical (unpaired) electrons. The van der Waals surface area contributed by atoms with Crippen LogP contribution in [0.1, 0.15) is 18.1 Å². The number of carbonyl (C=O) groups excluding carboxylic acids is 1. The van der Waals surface area contributed by atoms with Crippen molar-refractivity contribution in [3.05, 3.63) is 69.7 Å². The van der Waals surface area contributed by atoms with E-state index in [1.165, 1.54) is 11.6 Å². The van der Waals surface area contributed by atoms with Crippen LogP contribution in [0.25, 0.3) is 6.08 Å². The third-order valence-corrected chi connectivity index (χ3v) is 3.54. The highest BCUT2D eigenvalue weighted by Gasteiger charge is 2.01. The summed E-state index contributed by atoms with van der Waals surface area (Å²) in [5.74, 6) is -0.200. The molecule has 21 heavy (non-hydrogen) atoms. The molecule has 0 saturated heterocycles. The smallest absolute Gasteiger partial charge is 0.248 e. The normalized spacial score (nSPS) is 10.8. The van der Waals surface area contributed by atoms with Crippen LogP contribution in [0.15, 0.2) is 48.5 Å². The van der Waals surface area contributed by atoms with Crippen LogP contribution < -0.4 is 5.32 Å². The lowest BCUT2D eigenvalue weighted by atomic mass is 10.1. The van der Waals surface area contributed by atoms with Gasteiger partial charge in [0.05, 0.1) is 0 Å². The van der Waals surface area contributed by atoms with E-state index < -0.39 is 0 Å². The molecular formula is C17H15Cl2NO. The van der Waals surface area contributed by atoms with Gasteiger partial charge < -0.3 is 5.32 Å². The maximum Gasteiger partial charge on any atom is 0.248 e. The summed E-state index contributed by atoms with van der Waals surface area (Å²) in [7, 11) is 0. The zero-order valence-electron chi connectivity index (χ0n) is 11.6. The second-order valence-corrected chi connectivity index (χ2v) is 5.39. The van der Waals surface area contributed by atoms with Gasteiger partial charge in [-0.05, 0) is 47.9 Å². The highest BCUT2D eigenvalue weighted by atomic mass is 35.5. The number of carbonyl (C=O) groups is 1. The van der Waals surface area contributed by atoms with E-state index in [4.69, 9.17) is 23.2 Å². The Balaban J connectivity index is 2.05. The lowest BCUT2D eigenvalue weighted by molar-refractivity contribution is -0.111. The van der Waals surface area contributed by atoms with E-state index in [2.05, 4.69) is 12.2 Å². The summed E-state index contributed by atoms with van der Waals surface area (Å²) in [5, 5.41) is 3.90. The first-order chi connectivity index (χ1) is 10.1. The van der Waals surface area contributed by atoms with E-state index in [0.29, 0.717) is 10.0 Å². The Morgan fingerprint density at radius 2 is 2.00 bits per heavy atom. The molecule has 0 bridgehead atoms. The van der Waals surface area contributed by atoms with Crippen molar-refractivity contribution in [1.82, 2.24) is 0 Å². The molecule has 1 amide bonds. The van der Waals surface area contributed by atoms with Gasteiger partial charge in [0, 0.05) is 21.8 Å². The molecule has 0 fully saturated rings. The molecule has 4 heteroatoms. The van der Waals surface area contributed by atoms with Crippen molar-refractivity contribution in [3.63, 3.8) is 0 Å². The molecular weight excluding hydrogens is 305 g/mol. The topological polar surface area (TPSA) is 29.1 Å². The van der Waals surface area contributed by atoms with E-state index in [9.17, 15) is 4.79 Å². The zero-order valence-corrected chi connectivity index (χ0v) is 13.1. The van der Waals surface area contributed by atoms with Gasteiger partial charge >= 0.3 is 0 Å². The number of amides is 1. The highest BCUT2D eigenvalue weighted by molar-refractivity contribution is 6.35. The molecule has 0 aromatic heterocycles. The van der Waals surface area contributed by atoms with Crippen molar-refractivity contribution >= 4 is 40.9 Å². The molecule has 0 aliphatic carbocycles. The minimum absolute atomic E-state index is 0.200. The number of benzene rings is 2. The fourth-order valence-electron chi connectivity index (χ4n) is 1.86. The maximum absolute atomic E-state index is 11.9. The van der Waals surface area contributed by atoms with E-state index in [-0.39, 0.29) is 5.91 Å². The van der Waals surface area contributed by atoms with Gasteiger partial charge in [0.15, 0.2) is 0 Å². The van der Waals surface area contributed by atoms with Gasteiger partial charge in [0.25, 0.3) is 0 Å². The minimum Gasteiger partial charge on any atom is -0.323 e. The SMILES string of the molecule is CCc1cccc(NC(=O)C=Cc2ccc(Cl)cc2Cl)c1. The fourth-order valence-corrected chi connectivity index (χ4v) is 2.33. The largest absolute Gasteiger partial charge is 0.323 e. The first-order valence-electron chi connectivity index (χ1n) is 6.61. The Hall–Kier alpha value is -1.77. The third kappa shape index (κ3) is 4.62. The Labute approximate surface area is 134 Å². The molecule has 0 saturated carbocycles. The van der Waals surface area contributed by atoms with Gasteiger partial charge in [-0.1, -0.05) is 48.3 Å². The zero-order chi connectivity index (χ0) is 15.2. The molecule has 0 aliphatic heterocycles. The van der Waals surface area contributed by atoms with Crippen molar-refractivity contribution in [3.8, 4) is 0 Å². The number of nitrogens with one attached hydrogen (secondary N) is 1. The highest BCUT2D eigenvalue weighted by Crippen LogP contribution is 2.22. The summed E-state index contributed by atoms with van der Waals surface area (Å²) >= 11 is 11.9. The first-order valence-corrected chi connectivity index (χ1v) is 7.37. The average molecular weight is 320 g/mol. The monoisotopic (exact) mass is 319 g/mol. The van der Waals surface area contributed by atoms with Crippen LogP contribution in [-0.2, 0) is 11.2 Å². The summed E-state index contributed by atoms with van der Waals surface area (Å²) in [4.78, 5) is 11.9. The van der Waals surface area contributed by atoms with E-state index in [1.807, 2.05) is 24.3 Å². The molecule has 2 nitrogen and oxygen atoms in total. The first kappa shape index (κ1) is 15.6. The Bertz CT molecular complexity index is 680. The molecule has 2 aromatic rings. The fraction of sp³-hybridized carbons (Fsp3) is 0.118. The molecule has 0 spiro atoms. The molecule has 0 atom stereocenters. The molecule has 0 heterocycles. The van der Waals surface area contributed by atoms with Crippen molar-refractivity contribution < 1.29 is 4.79 Å². The molecule has 2 rings (SSSR count). The van der Waals surface area contributed by atoms with Crippen LogP contribution in [-0.4, -0.2) is 5.91 Å². The minimum atomic E-state index is -0.200. The van der Waals surface area contributed by atoms with E-state index in [1.54, 1.807) is 24.3 Å². The number of hydrogen-bond acceptors (Lipinski definition) is 1. The average Bonchev–Trinajstić information content (AvgIpc) is 2.46. The van der Waals surface area contributed by atoms with Crippen LogP contribution in [0.3, 0.4) is 0 Å². The number of hydrogen-bond donors (Lipinski definition) is 1. The van der Waals surface area contributed by atoms with Gasteiger partial charge in [-0.15, -0.1) is 0 Å². The number of halogens is 2. The summed E-state index contributed by atoms with van der Waals surface area (Å²) in [6, 6.07) is 12.9. The lowest BCUT2D eigenvalue weighted by Crippen LogP contribution is -2.07. The second-order valence-electron chi connectivity index (χ2n) is 4.54. The van der Waals surface area contributed by atoms with Crippen LogP contribution >= 0.6 is 23.2 Å². The third-order valence-electron chi connectivity index (χ3n) is 2.98. The molecule has 2 aromatic carbocycles. The number of aryl methyl sites for hydroxylation is 1. The van der Waals surface area contributed by atoms with Crippen LogP contribution in [0, 0.1) is 0 Å². The van der Waals surface area contributed by atoms with Crippen molar-refractivity contribution in [2.75, 3.05) is 5.32 Å². The summed E-state index contributed by atoms with van der Waals surface area (Å²) in [6.45, 7) is 2.07. The summed E-state index contributed by atoms with van der Waals surface area (Å²) in [6.07, 6.45) is 4.05. The van der Waals surface area contributed by atoms with Gasteiger partial charge in [0.2, 0.25) is 5.91 Å². The van der Waals surface area contributed by atoms with Gasteiger partial charge in [-0.2, -0.15) is 0 Å². The summed E-state index contributed by atoms with van der Waals surface area (Å²) in [5.41, 5.74) is 2.71. The Morgan fingerprint density at radius 3 is 2.71 bits per heavy atom. The number of anilines is 1. The Kier molecular flexibility index (Phi) is 5.43. The predicted octanol–water partition coefficient (Wildman–Crippen LogP) is 5.21. The van der Waals surface area contributed by atoms with E-state index >= 15 is 0 Å². The van der Waals surface area contributed by atoms with Crippen LogP contribution in [0.5, 0.6) is 0 Å². The quantitative estimate of drug-likeness (QED) is 0.770. The van der Waals surface area contributed by atoms with Crippen LogP contribution in [0.4, 0.5) is 5.69 Å². The lowest BCUT2D eigenvalue weighted by Gasteiger charge is -2.04. The van der Waals surface area contributed by atoms with Gasteiger partial charge in [-0.25, -0.2) is 0 Å². The molecule has 1 N–H and O–H groups in total. The van der Waals surface area contributed by atoms with Gasteiger partial charge in [-0.3, -0.25) is 4.79 Å². The standard InChI is InChI=1S/C17H15Cl2NO/c1-2-12-4-3-5-15(10-12)20-17(21)9-7-13-6-8-14(18)11-16(13)19/h3-11H,2H2,1H3,(H,20,21). The van der Waals surface area contributed by atoms with Crippen molar-refractivity contribution in [1.29, 1.82) is 0 Å². The molecule has 0 aliphatic rings. The number of rotatable bonds is 4. The molecule has 0 unspecified atom stereocenters. The predicted molar refractivity (Wildman–Crippen MR) is 89.9 cm³/mol. The van der Waals surface area contributed by atoms with Gasteiger partial charge in [0.1, 0.15) is 0 Å². The van der Waals surface area contributed by atoms with Crippen LogP contribution in [0.2, 0.25) is 10.0 Å².